The minimum Gasteiger partial charge on any atom is -0.228 e. The van der Waals surface area contributed by atoms with Crippen LogP contribution >= 0.6 is 0 Å². The highest BCUT2D eigenvalue weighted by Crippen LogP contribution is 2.49. The van der Waals surface area contributed by atoms with Crippen molar-refractivity contribution in [3.63, 3.8) is 0 Å². The Morgan fingerprint density at radius 1 is 0.522 bits per heavy atom. The molecule has 0 fully saturated rings. The molecule has 8 rings (SSSR count). The van der Waals surface area contributed by atoms with E-state index < -0.39 is 0 Å². The first-order valence-electron chi connectivity index (χ1n) is 16.2. The lowest BCUT2D eigenvalue weighted by atomic mass is 9.82. The third-order valence-corrected chi connectivity index (χ3v) is 9.67. The fourth-order valence-corrected chi connectivity index (χ4v) is 7.12. The van der Waals surface area contributed by atoms with Gasteiger partial charge < -0.3 is 0 Å². The van der Waals surface area contributed by atoms with Crippen molar-refractivity contribution in [2.24, 2.45) is 0 Å². The van der Waals surface area contributed by atoms with E-state index in [1.807, 2.05) is 18.2 Å². The van der Waals surface area contributed by atoms with E-state index in [-0.39, 0.29) is 5.41 Å². The van der Waals surface area contributed by atoms with E-state index in [1.54, 1.807) is 0 Å². The Labute approximate surface area is 271 Å². The van der Waals surface area contributed by atoms with Crippen LogP contribution < -0.4 is 0 Å². The number of hydrogen-bond acceptors (Lipinski definition) is 2. The molecule has 222 valence electrons. The molecule has 2 heteroatoms. The predicted molar refractivity (Wildman–Crippen MR) is 192 cm³/mol. The number of nitrogens with zero attached hydrogens (tertiary/aromatic N) is 2. The van der Waals surface area contributed by atoms with Crippen LogP contribution in [0.4, 0.5) is 0 Å². The summed E-state index contributed by atoms with van der Waals surface area (Å²) in [6.45, 7) is 6.86. The number of aryl methyl sites for hydroxylation is 1. The fourth-order valence-electron chi connectivity index (χ4n) is 7.12. The van der Waals surface area contributed by atoms with Gasteiger partial charge in [-0.25, -0.2) is 9.97 Å². The van der Waals surface area contributed by atoms with Crippen LogP contribution in [-0.2, 0) is 5.41 Å². The van der Waals surface area contributed by atoms with Crippen molar-refractivity contribution < 1.29 is 0 Å². The summed E-state index contributed by atoms with van der Waals surface area (Å²) in [5.74, 6) is 0.749. The average molecular weight is 593 g/mol. The summed E-state index contributed by atoms with van der Waals surface area (Å²) < 4.78 is 0. The second kappa shape index (κ2) is 11.2. The summed E-state index contributed by atoms with van der Waals surface area (Å²) in [6.07, 6.45) is 8.81. The van der Waals surface area contributed by atoms with E-state index in [2.05, 4.69) is 142 Å². The molecule has 5 aromatic carbocycles. The van der Waals surface area contributed by atoms with Crippen molar-refractivity contribution >= 4 is 5.57 Å². The number of hydrogen-bond donors (Lipinski definition) is 0. The molecular weight excluding hydrogens is 556 g/mol. The molecular formula is C44H36N2. The van der Waals surface area contributed by atoms with Crippen LogP contribution in [0.5, 0.6) is 0 Å². The van der Waals surface area contributed by atoms with Crippen LogP contribution in [0.25, 0.3) is 61.6 Å². The van der Waals surface area contributed by atoms with E-state index in [0.717, 1.165) is 46.8 Å². The minimum atomic E-state index is 0.00883. The van der Waals surface area contributed by atoms with Gasteiger partial charge in [0.05, 0.1) is 11.4 Å². The molecule has 0 radical (unpaired) electrons. The molecule has 1 aromatic heterocycles. The average Bonchev–Trinajstić information content (AvgIpc) is 3.34. The third-order valence-electron chi connectivity index (χ3n) is 9.67. The van der Waals surface area contributed by atoms with E-state index in [1.165, 1.54) is 50.1 Å². The van der Waals surface area contributed by atoms with Gasteiger partial charge in [0.1, 0.15) is 0 Å². The summed E-state index contributed by atoms with van der Waals surface area (Å²) in [4.78, 5) is 10.1. The van der Waals surface area contributed by atoms with Gasteiger partial charge >= 0.3 is 0 Å². The Hall–Kier alpha value is -5.34. The SMILES string of the molecule is Cc1ccc(-c2cc(C3=CCCC=C3)nc(-c3ccccc3)n2)cc1-c1cccc(-c2ccc3c(c2)-c2ccccc2C3(C)C)c1. The van der Waals surface area contributed by atoms with Crippen molar-refractivity contribution in [3.8, 4) is 56.0 Å². The zero-order chi connectivity index (χ0) is 31.3. The molecule has 0 atom stereocenters. The van der Waals surface area contributed by atoms with Gasteiger partial charge in [-0.3, -0.25) is 0 Å². The van der Waals surface area contributed by atoms with Crippen LogP contribution in [0.3, 0.4) is 0 Å². The van der Waals surface area contributed by atoms with Crippen LogP contribution in [-0.4, -0.2) is 9.97 Å². The normalized spacial score (nSPS) is 14.5. The lowest BCUT2D eigenvalue weighted by Gasteiger charge is -2.21. The number of fused-ring (bicyclic) bond motifs is 3. The maximum absolute atomic E-state index is 5.10. The van der Waals surface area contributed by atoms with Gasteiger partial charge in [-0.05, 0) is 99.7 Å². The summed E-state index contributed by atoms with van der Waals surface area (Å²) in [5, 5.41) is 0. The second-order valence-corrected chi connectivity index (χ2v) is 13.0. The molecule has 0 N–H and O–H groups in total. The molecule has 2 nitrogen and oxygen atoms in total. The summed E-state index contributed by atoms with van der Waals surface area (Å²) in [5.41, 5.74) is 16.8. The monoisotopic (exact) mass is 592 g/mol. The maximum atomic E-state index is 5.10. The minimum absolute atomic E-state index is 0.00883. The van der Waals surface area contributed by atoms with Gasteiger partial charge in [-0.15, -0.1) is 0 Å². The van der Waals surface area contributed by atoms with Crippen molar-refractivity contribution in [2.45, 2.75) is 39.0 Å². The lowest BCUT2D eigenvalue weighted by molar-refractivity contribution is 0.660. The molecule has 0 aliphatic heterocycles. The Bertz CT molecular complexity index is 2180. The number of rotatable bonds is 5. The van der Waals surface area contributed by atoms with Crippen LogP contribution in [0.2, 0.25) is 0 Å². The zero-order valence-electron chi connectivity index (χ0n) is 26.6. The molecule has 0 amide bonds. The van der Waals surface area contributed by atoms with Crippen LogP contribution in [0.1, 0.15) is 49.1 Å². The first kappa shape index (κ1) is 28.2. The Morgan fingerprint density at radius 3 is 2.07 bits per heavy atom. The summed E-state index contributed by atoms with van der Waals surface area (Å²) in [7, 11) is 0. The highest BCUT2D eigenvalue weighted by molar-refractivity contribution is 5.86. The topological polar surface area (TPSA) is 25.8 Å². The van der Waals surface area contributed by atoms with Crippen molar-refractivity contribution in [2.75, 3.05) is 0 Å². The Morgan fingerprint density at radius 2 is 1.22 bits per heavy atom. The summed E-state index contributed by atoms with van der Waals surface area (Å²) >= 11 is 0. The van der Waals surface area contributed by atoms with E-state index >= 15 is 0 Å². The molecule has 0 spiro atoms. The van der Waals surface area contributed by atoms with E-state index in [9.17, 15) is 0 Å². The first-order chi connectivity index (χ1) is 22.5. The molecule has 0 saturated heterocycles. The molecule has 0 unspecified atom stereocenters. The van der Waals surface area contributed by atoms with Crippen LogP contribution in [0, 0.1) is 6.92 Å². The molecule has 2 aliphatic carbocycles. The van der Waals surface area contributed by atoms with Crippen molar-refractivity contribution in [3.05, 3.63) is 162 Å². The largest absolute Gasteiger partial charge is 0.228 e. The van der Waals surface area contributed by atoms with Crippen molar-refractivity contribution in [1.29, 1.82) is 0 Å². The van der Waals surface area contributed by atoms with Gasteiger partial charge in [0.2, 0.25) is 0 Å². The molecule has 6 aromatic rings. The van der Waals surface area contributed by atoms with Crippen LogP contribution in [0.15, 0.2) is 140 Å². The summed E-state index contributed by atoms with van der Waals surface area (Å²) in [6, 6.07) is 43.9. The fraction of sp³-hybridized carbons (Fsp3) is 0.136. The van der Waals surface area contributed by atoms with Gasteiger partial charge in [0, 0.05) is 16.5 Å². The van der Waals surface area contributed by atoms with Gasteiger partial charge in [0.25, 0.3) is 0 Å². The maximum Gasteiger partial charge on any atom is 0.160 e. The highest BCUT2D eigenvalue weighted by atomic mass is 14.9. The second-order valence-electron chi connectivity index (χ2n) is 13.0. The Kier molecular flexibility index (Phi) is 6.87. The lowest BCUT2D eigenvalue weighted by Crippen LogP contribution is -2.14. The zero-order valence-corrected chi connectivity index (χ0v) is 26.6. The molecule has 1 heterocycles. The highest BCUT2D eigenvalue weighted by Gasteiger charge is 2.35. The van der Waals surface area contributed by atoms with Gasteiger partial charge in [0.15, 0.2) is 5.82 Å². The molecule has 46 heavy (non-hydrogen) atoms. The van der Waals surface area contributed by atoms with E-state index in [0.29, 0.717) is 0 Å². The quantitative estimate of drug-likeness (QED) is 0.199. The van der Waals surface area contributed by atoms with Gasteiger partial charge in [-0.1, -0.05) is 129 Å². The standard InChI is InChI=1S/C44H36N2/c1-29-21-22-35(42-28-41(30-13-6-4-7-14-30)45-43(46-42)31-15-8-5-9-16-31)27-37(29)34-18-12-17-32(25-34)33-23-24-40-38(26-33)36-19-10-11-20-39(36)44(40,2)3/h5-6,8-28H,4,7H2,1-3H3. The van der Waals surface area contributed by atoms with E-state index in [4.69, 9.17) is 9.97 Å². The number of benzene rings is 5. The third kappa shape index (κ3) is 4.91. The number of allylic oxidation sites excluding steroid dienone is 4. The number of aromatic nitrogens is 2. The van der Waals surface area contributed by atoms with Crippen molar-refractivity contribution in [1.82, 2.24) is 9.97 Å². The Balaban J connectivity index is 1.20. The molecule has 0 bridgehead atoms. The first-order valence-corrected chi connectivity index (χ1v) is 16.2. The molecule has 0 saturated carbocycles. The van der Waals surface area contributed by atoms with Gasteiger partial charge in [-0.2, -0.15) is 0 Å². The smallest absolute Gasteiger partial charge is 0.160 e. The predicted octanol–water partition coefficient (Wildman–Crippen LogP) is 11.5. The molecule has 2 aliphatic rings.